The van der Waals surface area contributed by atoms with E-state index in [0.717, 1.165) is 11.3 Å². The third-order valence-corrected chi connectivity index (χ3v) is 5.35. The molecule has 0 aliphatic carbocycles. The second kappa shape index (κ2) is 8.11. The van der Waals surface area contributed by atoms with Crippen LogP contribution in [0.15, 0.2) is 41.3 Å². The van der Waals surface area contributed by atoms with E-state index in [0.29, 0.717) is 34.4 Å². The predicted molar refractivity (Wildman–Crippen MR) is 119 cm³/mol. The molecule has 1 aromatic carbocycles. The Labute approximate surface area is 187 Å². The van der Waals surface area contributed by atoms with Gasteiger partial charge in [0.25, 0.3) is 0 Å². The van der Waals surface area contributed by atoms with Crippen molar-refractivity contribution in [3.05, 3.63) is 80.1 Å². The minimum atomic E-state index is -0.610. The van der Waals surface area contributed by atoms with Gasteiger partial charge in [-0.05, 0) is 43.7 Å². The summed E-state index contributed by atoms with van der Waals surface area (Å²) in [5, 5.41) is 1.07. The van der Waals surface area contributed by atoms with Gasteiger partial charge in [-0.2, -0.15) is 9.37 Å². The number of fused-ring (bicyclic) bond motifs is 1. The Balaban J connectivity index is 1.72. The maximum absolute atomic E-state index is 13.4. The molecule has 0 aliphatic heterocycles. The smallest absolute Gasteiger partial charge is 0.328 e. The highest BCUT2D eigenvalue weighted by Crippen LogP contribution is 2.23. The Bertz CT molecular complexity index is 1320. The van der Waals surface area contributed by atoms with Gasteiger partial charge in [-0.15, -0.1) is 0 Å². The van der Waals surface area contributed by atoms with Crippen LogP contribution in [0.3, 0.4) is 0 Å². The lowest BCUT2D eigenvalue weighted by molar-refractivity contribution is 0.417. The lowest BCUT2D eigenvalue weighted by Crippen LogP contribution is -2.41. The molecule has 0 amide bonds. The minimum absolute atomic E-state index is 0.177. The van der Waals surface area contributed by atoms with Gasteiger partial charge in [-0.1, -0.05) is 29.3 Å². The molecule has 3 N–H and O–H groups in total. The number of nitrogens with zero attached hydrogens (tertiary/aromatic N) is 4. The number of H-pyrrole nitrogens is 1. The van der Waals surface area contributed by atoms with Crippen molar-refractivity contribution in [2.75, 3.05) is 0 Å². The highest BCUT2D eigenvalue weighted by Gasteiger charge is 2.20. The number of imidazole rings is 2. The molecule has 10 heteroatoms. The first-order chi connectivity index (χ1) is 14.6. The Morgan fingerprint density at radius 1 is 1.19 bits per heavy atom. The molecule has 0 saturated carbocycles. The molecule has 0 unspecified atom stereocenters. The largest absolute Gasteiger partial charge is 0.339 e. The van der Waals surface area contributed by atoms with Crippen molar-refractivity contribution in [2.45, 2.75) is 38.9 Å². The van der Waals surface area contributed by atoms with Gasteiger partial charge in [0.05, 0.1) is 12.1 Å². The second-order valence-corrected chi connectivity index (χ2v) is 9.05. The molecule has 0 fully saturated rings. The van der Waals surface area contributed by atoms with Crippen molar-refractivity contribution >= 4 is 34.4 Å². The van der Waals surface area contributed by atoms with Gasteiger partial charge in [-0.25, -0.2) is 9.78 Å². The van der Waals surface area contributed by atoms with Crippen molar-refractivity contribution < 1.29 is 4.39 Å². The van der Waals surface area contributed by atoms with Crippen LogP contribution in [0.2, 0.25) is 10.0 Å². The number of hydrogen-bond acceptors (Lipinski definition) is 4. The molecule has 3 heterocycles. The molecule has 162 valence electrons. The molecule has 3 aromatic heterocycles. The van der Waals surface area contributed by atoms with E-state index in [-0.39, 0.29) is 17.9 Å². The zero-order valence-electron chi connectivity index (χ0n) is 17.0. The van der Waals surface area contributed by atoms with E-state index in [1.807, 2.05) is 19.9 Å². The number of hydrogen-bond donors (Lipinski definition) is 2. The standard InChI is InChI=1S/C21H21Cl2FN6O/c1-21(2,25)11-30-14(7-12-3-4-13(22)8-15(12)23)9-29(20(30)31)10-18-26-16-5-6-17(24)27-19(16)28-18/h3-6,8-9H,7,10-11,25H2,1-2H3,(H,26,27,28). The summed E-state index contributed by atoms with van der Waals surface area (Å²) in [5.74, 6) is -0.114. The summed E-state index contributed by atoms with van der Waals surface area (Å²) in [6.45, 7) is 4.22. The normalized spacial score (nSPS) is 12.1. The van der Waals surface area contributed by atoms with Crippen LogP contribution in [0.25, 0.3) is 11.2 Å². The van der Waals surface area contributed by atoms with Gasteiger partial charge in [0, 0.05) is 40.4 Å². The number of benzene rings is 1. The number of aromatic amines is 1. The summed E-state index contributed by atoms with van der Waals surface area (Å²) >= 11 is 12.3. The number of aromatic nitrogens is 5. The fourth-order valence-corrected chi connectivity index (χ4v) is 3.90. The summed E-state index contributed by atoms with van der Waals surface area (Å²) in [6.07, 6.45) is 2.20. The van der Waals surface area contributed by atoms with E-state index in [2.05, 4.69) is 15.0 Å². The molecule has 7 nitrogen and oxygen atoms in total. The van der Waals surface area contributed by atoms with Crippen LogP contribution in [0.1, 0.15) is 30.9 Å². The van der Waals surface area contributed by atoms with Crippen LogP contribution in [0, 0.1) is 5.95 Å². The van der Waals surface area contributed by atoms with Crippen molar-refractivity contribution in [3.63, 3.8) is 0 Å². The Kier molecular flexibility index (Phi) is 5.63. The van der Waals surface area contributed by atoms with Gasteiger partial charge in [0.2, 0.25) is 5.95 Å². The Morgan fingerprint density at radius 2 is 1.97 bits per heavy atom. The summed E-state index contributed by atoms with van der Waals surface area (Å²) in [5.41, 5.74) is 7.84. The first-order valence-electron chi connectivity index (χ1n) is 9.62. The quantitative estimate of drug-likeness (QED) is 0.426. The SMILES string of the molecule is CC(C)(N)Cn1c(Cc2ccc(Cl)cc2Cl)cn(Cc2nc3nc(F)ccc3[nH]2)c1=O. The lowest BCUT2D eigenvalue weighted by Gasteiger charge is -2.20. The van der Waals surface area contributed by atoms with E-state index >= 15 is 0 Å². The van der Waals surface area contributed by atoms with Gasteiger partial charge in [0.1, 0.15) is 5.82 Å². The molecule has 4 aromatic rings. The number of pyridine rings is 1. The summed E-state index contributed by atoms with van der Waals surface area (Å²) < 4.78 is 16.5. The molecular weight excluding hydrogens is 442 g/mol. The molecule has 31 heavy (non-hydrogen) atoms. The van der Waals surface area contributed by atoms with Gasteiger partial charge >= 0.3 is 5.69 Å². The van der Waals surface area contributed by atoms with Crippen LogP contribution in [-0.4, -0.2) is 29.6 Å². The Morgan fingerprint density at radius 3 is 2.68 bits per heavy atom. The second-order valence-electron chi connectivity index (χ2n) is 8.21. The lowest BCUT2D eigenvalue weighted by atomic mass is 10.1. The fourth-order valence-electron chi connectivity index (χ4n) is 3.43. The summed E-state index contributed by atoms with van der Waals surface area (Å²) in [4.78, 5) is 24.3. The highest BCUT2D eigenvalue weighted by molar-refractivity contribution is 6.35. The first kappa shape index (κ1) is 21.5. The van der Waals surface area contributed by atoms with Crippen molar-refractivity contribution in [3.8, 4) is 0 Å². The molecule has 0 radical (unpaired) electrons. The Hall–Kier alpha value is -2.68. The zero-order valence-corrected chi connectivity index (χ0v) is 18.5. The maximum Gasteiger partial charge on any atom is 0.328 e. The van der Waals surface area contributed by atoms with E-state index in [1.54, 1.807) is 33.5 Å². The van der Waals surface area contributed by atoms with Crippen LogP contribution < -0.4 is 11.4 Å². The number of nitrogens with one attached hydrogen (secondary N) is 1. The molecule has 0 aliphatic rings. The summed E-state index contributed by atoms with van der Waals surface area (Å²) in [6, 6.07) is 8.09. The van der Waals surface area contributed by atoms with Gasteiger partial charge in [0.15, 0.2) is 5.65 Å². The van der Waals surface area contributed by atoms with Crippen molar-refractivity contribution in [1.29, 1.82) is 0 Å². The molecule has 0 atom stereocenters. The average molecular weight is 463 g/mol. The first-order valence-corrected chi connectivity index (χ1v) is 10.4. The van der Waals surface area contributed by atoms with Crippen molar-refractivity contribution in [1.82, 2.24) is 24.1 Å². The third kappa shape index (κ3) is 4.81. The third-order valence-electron chi connectivity index (χ3n) is 4.76. The van der Waals surface area contributed by atoms with E-state index in [4.69, 9.17) is 28.9 Å². The number of halogens is 3. The monoisotopic (exact) mass is 462 g/mol. The fraction of sp³-hybridized carbons (Fsp3) is 0.286. The topological polar surface area (TPSA) is 94.5 Å². The van der Waals surface area contributed by atoms with Gasteiger partial charge < -0.3 is 10.7 Å². The summed E-state index contributed by atoms with van der Waals surface area (Å²) in [7, 11) is 0. The molecular formula is C21H21Cl2FN6O. The van der Waals surface area contributed by atoms with E-state index in [1.165, 1.54) is 6.07 Å². The number of nitrogens with two attached hydrogens (primary N) is 1. The number of rotatable bonds is 6. The highest BCUT2D eigenvalue weighted by atomic mass is 35.5. The average Bonchev–Trinajstić information content (AvgIpc) is 3.18. The van der Waals surface area contributed by atoms with Gasteiger partial charge in [-0.3, -0.25) is 9.13 Å². The van der Waals surface area contributed by atoms with Crippen LogP contribution >= 0.6 is 23.2 Å². The molecule has 0 saturated heterocycles. The molecule has 0 bridgehead atoms. The van der Waals surface area contributed by atoms with E-state index in [9.17, 15) is 9.18 Å². The molecule has 4 rings (SSSR count). The van der Waals surface area contributed by atoms with E-state index < -0.39 is 11.5 Å². The van der Waals surface area contributed by atoms with Crippen molar-refractivity contribution in [2.24, 2.45) is 5.73 Å². The minimum Gasteiger partial charge on any atom is -0.339 e. The van der Waals surface area contributed by atoms with Crippen LogP contribution in [0.4, 0.5) is 4.39 Å². The van der Waals surface area contributed by atoms with Crippen LogP contribution in [-0.2, 0) is 19.5 Å². The van der Waals surface area contributed by atoms with Crippen LogP contribution in [0.5, 0.6) is 0 Å². The predicted octanol–water partition coefficient (Wildman–Crippen LogP) is 3.74. The molecule has 0 spiro atoms. The zero-order chi connectivity index (χ0) is 22.3. The maximum atomic E-state index is 13.4.